The molecule has 0 spiro atoms. The van der Waals surface area contributed by atoms with Gasteiger partial charge >= 0.3 is 5.97 Å². The lowest BCUT2D eigenvalue weighted by atomic mass is 10.1. The second kappa shape index (κ2) is 11.7. The predicted octanol–water partition coefficient (Wildman–Crippen LogP) is 3.51. The molecule has 0 aliphatic heterocycles. The van der Waals surface area contributed by atoms with Crippen LogP contribution in [0.15, 0.2) is 54.6 Å². The van der Waals surface area contributed by atoms with Crippen molar-refractivity contribution in [3.05, 3.63) is 60.2 Å². The number of carbonyl (C=O) groups is 3. The molecule has 158 valence electrons. The Morgan fingerprint density at radius 1 is 0.967 bits per heavy atom. The molecular formula is C22H25N3O4S. The normalized spacial score (nSPS) is 10.1. The van der Waals surface area contributed by atoms with Crippen LogP contribution in [-0.4, -0.2) is 36.0 Å². The topological polar surface area (TPSA) is 87.7 Å². The van der Waals surface area contributed by atoms with Gasteiger partial charge in [0.25, 0.3) is 5.91 Å². The number of esters is 1. The molecule has 2 rings (SSSR count). The third-order valence-electron chi connectivity index (χ3n) is 4.13. The van der Waals surface area contributed by atoms with Crippen LogP contribution in [-0.2, 0) is 14.3 Å². The minimum absolute atomic E-state index is 0.00552. The van der Waals surface area contributed by atoms with Crippen molar-refractivity contribution in [2.45, 2.75) is 26.7 Å². The summed E-state index contributed by atoms with van der Waals surface area (Å²) in [5.74, 6) is -0.915. The van der Waals surface area contributed by atoms with E-state index < -0.39 is 5.97 Å². The zero-order chi connectivity index (χ0) is 21.9. The van der Waals surface area contributed by atoms with Gasteiger partial charge in [0.2, 0.25) is 5.91 Å². The standard InChI is InChI=1S/C22H25N3O4S/c1-3-25(18-8-6-5-7-9-18)21(28)16-10-12-17(13-11-16)23-22(30)24-19(26)14-15-20(27)29-4-2/h5-13H,3-4,14-15H2,1-2H3,(H2,23,24,26,30). The maximum absolute atomic E-state index is 12.8. The first-order chi connectivity index (χ1) is 14.4. The largest absolute Gasteiger partial charge is 0.466 e. The van der Waals surface area contributed by atoms with Crippen molar-refractivity contribution in [1.82, 2.24) is 5.32 Å². The van der Waals surface area contributed by atoms with Gasteiger partial charge in [-0.15, -0.1) is 0 Å². The highest BCUT2D eigenvalue weighted by Gasteiger charge is 2.16. The molecule has 2 N–H and O–H groups in total. The number of anilines is 2. The van der Waals surface area contributed by atoms with E-state index in [4.69, 9.17) is 17.0 Å². The Bertz CT molecular complexity index is 885. The fraction of sp³-hybridized carbons (Fsp3) is 0.273. The summed E-state index contributed by atoms with van der Waals surface area (Å²) in [5, 5.41) is 5.51. The van der Waals surface area contributed by atoms with Crippen LogP contribution in [0.1, 0.15) is 37.0 Å². The van der Waals surface area contributed by atoms with Gasteiger partial charge in [0.15, 0.2) is 5.11 Å². The molecule has 0 radical (unpaired) electrons. The fourth-order valence-electron chi connectivity index (χ4n) is 2.70. The summed E-state index contributed by atoms with van der Waals surface area (Å²) >= 11 is 5.12. The van der Waals surface area contributed by atoms with Crippen LogP contribution in [0.25, 0.3) is 0 Å². The van der Waals surface area contributed by atoms with Crippen LogP contribution in [0, 0.1) is 0 Å². The van der Waals surface area contributed by atoms with E-state index in [2.05, 4.69) is 10.6 Å². The van der Waals surface area contributed by atoms with Crippen molar-refractivity contribution >= 4 is 46.5 Å². The van der Waals surface area contributed by atoms with Crippen LogP contribution in [0.3, 0.4) is 0 Å². The molecule has 0 aliphatic rings. The molecule has 2 aromatic carbocycles. The van der Waals surface area contributed by atoms with E-state index >= 15 is 0 Å². The predicted molar refractivity (Wildman–Crippen MR) is 120 cm³/mol. The van der Waals surface area contributed by atoms with Gasteiger partial charge in [-0.05, 0) is 62.5 Å². The molecule has 0 heterocycles. The molecule has 0 aliphatic carbocycles. The maximum atomic E-state index is 12.8. The Labute approximate surface area is 181 Å². The van der Waals surface area contributed by atoms with Gasteiger partial charge in [-0.3, -0.25) is 14.4 Å². The van der Waals surface area contributed by atoms with Crippen molar-refractivity contribution < 1.29 is 19.1 Å². The number of nitrogens with one attached hydrogen (secondary N) is 2. The van der Waals surface area contributed by atoms with Crippen LogP contribution >= 0.6 is 12.2 Å². The molecule has 2 amide bonds. The molecule has 0 saturated carbocycles. The van der Waals surface area contributed by atoms with Gasteiger partial charge in [-0.2, -0.15) is 0 Å². The number of para-hydroxylation sites is 1. The monoisotopic (exact) mass is 427 g/mol. The summed E-state index contributed by atoms with van der Waals surface area (Å²) in [5.41, 5.74) is 2.00. The average molecular weight is 428 g/mol. The molecule has 0 bridgehead atoms. The van der Waals surface area contributed by atoms with E-state index in [1.807, 2.05) is 37.3 Å². The summed E-state index contributed by atoms with van der Waals surface area (Å²) < 4.78 is 4.78. The highest BCUT2D eigenvalue weighted by Crippen LogP contribution is 2.18. The van der Waals surface area contributed by atoms with Gasteiger partial charge in [-0.25, -0.2) is 0 Å². The first-order valence-corrected chi connectivity index (χ1v) is 10.1. The van der Waals surface area contributed by atoms with Gasteiger partial charge < -0.3 is 20.3 Å². The number of hydrogen-bond acceptors (Lipinski definition) is 5. The molecule has 0 unspecified atom stereocenters. The first kappa shape index (κ1) is 23.0. The number of thiocarbonyl (C=S) groups is 1. The van der Waals surface area contributed by atoms with Crippen molar-refractivity contribution in [2.24, 2.45) is 0 Å². The quantitative estimate of drug-likeness (QED) is 0.495. The van der Waals surface area contributed by atoms with E-state index in [-0.39, 0.29) is 36.4 Å². The minimum atomic E-state index is -0.427. The molecule has 0 fully saturated rings. The SMILES string of the molecule is CCOC(=O)CCC(=O)NC(=S)Nc1ccc(C(=O)N(CC)c2ccccc2)cc1. The molecular weight excluding hydrogens is 402 g/mol. The van der Waals surface area contributed by atoms with Gasteiger partial charge in [0.05, 0.1) is 13.0 Å². The average Bonchev–Trinajstić information content (AvgIpc) is 2.74. The number of rotatable bonds is 8. The summed E-state index contributed by atoms with van der Waals surface area (Å²) in [4.78, 5) is 37.6. The van der Waals surface area contributed by atoms with Crippen LogP contribution in [0.4, 0.5) is 11.4 Å². The van der Waals surface area contributed by atoms with E-state index in [9.17, 15) is 14.4 Å². The van der Waals surface area contributed by atoms with Crippen molar-refractivity contribution in [1.29, 1.82) is 0 Å². The van der Waals surface area contributed by atoms with Crippen LogP contribution < -0.4 is 15.5 Å². The summed E-state index contributed by atoms with van der Waals surface area (Å²) in [6.07, 6.45) is -0.0190. The van der Waals surface area contributed by atoms with Gasteiger partial charge in [-0.1, -0.05) is 18.2 Å². The minimum Gasteiger partial charge on any atom is -0.466 e. The van der Waals surface area contributed by atoms with Crippen LogP contribution in [0.5, 0.6) is 0 Å². The van der Waals surface area contributed by atoms with E-state index in [0.717, 1.165) is 5.69 Å². The Hall–Kier alpha value is -3.26. The maximum Gasteiger partial charge on any atom is 0.306 e. The molecule has 30 heavy (non-hydrogen) atoms. The summed E-state index contributed by atoms with van der Waals surface area (Å²) in [7, 11) is 0. The smallest absolute Gasteiger partial charge is 0.306 e. The third-order valence-corrected chi connectivity index (χ3v) is 4.34. The Morgan fingerprint density at radius 2 is 1.63 bits per heavy atom. The van der Waals surface area contributed by atoms with Gasteiger partial charge in [0.1, 0.15) is 0 Å². The van der Waals surface area contributed by atoms with Crippen molar-refractivity contribution in [3.63, 3.8) is 0 Å². The van der Waals surface area contributed by atoms with Gasteiger partial charge in [0, 0.05) is 29.9 Å². The summed E-state index contributed by atoms with van der Waals surface area (Å²) in [6, 6.07) is 16.3. The van der Waals surface area contributed by atoms with Crippen molar-refractivity contribution in [2.75, 3.05) is 23.4 Å². The molecule has 0 atom stereocenters. The Balaban J connectivity index is 1.90. The molecule has 0 aromatic heterocycles. The number of carbonyl (C=O) groups excluding carboxylic acids is 3. The lowest BCUT2D eigenvalue weighted by Gasteiger charge is -2.21. The number of benzene rings is 2. The lowest BCUT2D eigenvalue weighted by Crippen LogP contribution is -2.34. The zero-order valence-electron chi connectivity index (χ0n) is 17.0. The molecule has 0 saturated heterocycles. The fourth-order valence-corrected chi connectivity index (χ4v) is 2.94. The van der Waals surface area contributed by atoms with Crippen LogP contribution in [0.2, 0.25) is 0 Å². The lowest BCUT2D eigenvalue weighted by molar-refractivity contribution is -0.144. The van der Waals surface area contributed by atoms with Crippen molar-refractivity contribution in [3.8, 4) is 0 Å². The first-order valence-electron chi connectivity index (χ1n) is 9.68. The second-order valence-electron chi connectivity index (χ2n) is 6.27. The number of amides is 2. The number of nitrogens with zero attached hydrogens (tertiary/aromatic N) is 1. The van der Waals surface area contributed by atoms with E-state index in [1.165, 1.54) is 0 Å². The summed E-state index contributed by atoms with van der Waals surface area (Å²) in [6.45, 7) is 4.45. The molecule has 8 heteroatoms. The Morgan fingerprint density at radius 3 is 2.23 bits per heavy atom. The zero-order valence-corrected chi connectivity index (χ0v) is 17.8. The number of hydrogen-bond donors (Lipinski definition) is 2. The molecule has 7 nitrogen and oxygen atoms in total. The Kier molecular flexibility index (Phi) is 8.96. The number of ether oxygens (including phenoxy) is 1. The highest BCUT2D eigenvalue weighted by atomic mass is 32.1. The third kappa shape index (κ3) is 6.97. The highest BCUT2D eigenvalue weighted by molar-refractivity contribution is 7.80. The van der Waals surface area contributed by atoms with E-state index in [1.54, 1.807) is 36.1 Å². The van der Waals surface area contributed by atoms with E-state index in [0.29, 0.717) is 17.8 Å². The molecule has 2 aromatic rings. The second-order valence-corrected chi connectivity index (χ2v) is 6.68.